The van der Waals surface area contributed by atoms with Crippen LogP contribution < -0.4 is 10.6 Å². The standard InChI is InChI=1S/C27H28F3N7OS/c1-3-5-19-16-35(2)12-9-22(19)34-24-23-14-18(26(39-27(28,29)30)36(23)13-11-31-24)6-4-10-32-25(38)20-15-33-37(17-20)21-7-8-21/h5,11,13-15,17,19,21-22H,1,7-10,12,16H2,2H3,(H,31,34)(H,32,38)/t19-,22-/m1/s1. The Morgan fingerprint density at radius 2 is 2.15 bits per heavy atom. The van der Waals surface area contributed by atoms with E-state index in [-0.39, 0.29) is 46.8 Å². The highest BCUT2D eigenvalue weighted by molar-refractivity contribution is 8.00. The van der Waals surface area contributed by atoms with Crippen molar-refractivity contribution in [2.75, 3.05) is 32.0 Å². The van der Waals surface area contributed by atoms with Crippen molar-refractivity contribution in [3.63, 3.8) is 0 Å². The molecule has 0 unspecified atom stereocenters. The van der Waals surface area contributed by atoms with Crippen LogP contribution in [0.15, 0.2) is 54.3 Å². The molecule has 2 atom stereocenters. The lowest BCUT2D eigenvalue weighted by atomic mass is 9.92. The Kier molecular flexibility index (Phi) is 7.75. The van der Waals surface area contributed by atoms with Gasteiger partial charge in [0.15, 0.2) is 5.82 Å². The molecule has 39 heavy (non-hydrogen) atoms. The van der Waals surface area contributed by atoms with Crippen molar-refractivity contribution in [2.24, 2.45) is 5.92 Å². The van der Waals surface area contributed by atoms with E-state index in [1.54, 1.807) is 16.9 Å². The number of carbonyl (C=O) groups is 1. The Bertz CT molecular complexity index is 1470. The van der Waals surface area contributed by atoms with Gasteiger partial charge in [-0.15, -0.1) is 5.73 Å². The van der Waals surface area contributed by atoms with Crippen molar-refractivity contribution < 1.29 is 18.0 Å². The molecule has 1 aliphatic carbocycles. The van der Waals surface area contributed by atoms with E-state index in [1.807, 2.05) is 13.1 Å². The average molecular weight is 556 g/mol. The van der Waals surface area contributed by atoms with Crippen LogP contribution in [0, 0.1) is 17.8 Å². The number of thioether (sulfide) groups is 1. The van der Waals surface area contributed by atoms with E-state index < -0.39 is 5.51 Å². The minimum atomic E-state index is -4.51. The first-order valence-electron chi connectivity index (χ1n) is 12.6. The van der Waals surface area contributed by atoms with Crippen LogP contribution in [-0.4, -0.2) is 68.2 Å². The van der Waals surface area contributed by atoms with E-state index in [0.29, 0.717) is 22.9 Å². The van der Waals surface area contributed by atoms with Crippen molar-refractivity contribution >= 4 is 29.0 Å². The molecule has 0 bridgehead atoms. The fourth-order valence-corrected chi connectivity index (χ4v) is 5.38. The predicted molar refractivity (Wildman–Crippen MR) is 144 cm³/mol. The maximum Gasteiger partial charge on any atom is 0.447 e. The lowest BCUT2D eigenvalue weighted by Crippen LogP contribution is -2.44. The molecule has 4 heterocycles. The van der Waals surface area contributed by atoms with E-state index in [4.69, 9.17) is 0 Å². The number of fused-ring (bicyclic) bond motifs is 1. The lowest BCUT2D eigenvalue weighted by Gasteiger charge is -2.35. The van der Waals surface area contributed by atoms with E-state index in [0.717, 1.165) is 32.4 Å². The normalized spacial score (nSPS) is 19.7. The number of halogens is 3. The van der Waals surface area contributed by atoms with Gasteiger partial charge in [-0.3, -0.25) is 9.48 Å². The number of hydrogen-bond donors (Lipinski definition) is 2. The van der Waals surface area contributed by atoms with Gasteiger partial charge in [0.25, 0.3) is 5.91 Å². The van der Waals surface area contributed by atoms with Crippen LogP contribution in [0.4, 0.5) is 19.0 Å². The van der Waals surface area contributed by atoms with Crippen LogP contribution in [-0.2, 0) is 0 Å². The summed E-state index contributed by atoms with van der Waals surface area (Å²) in [5.41, 5.74) is -0.533. The SMILES string of the molecule is C=C=C[C@@H]1CN(C)CC[C@H]1Nc1nccn2c(SC(F)(F)F)c(C#CCNC(=O)c3cnn(C4CC4)c3)cc12. The van der Waals surface area contributed by atoms with Gasteiger partial charge in [-0.1, -0.05) is 18.4 Å². The molecule has 0 radical (unpaired) electrons. The number of aromatic nitrogens is 4. The van der Waals surface area contributed by atoms with Crippen LogP contribution in [0.25, 0.3) is 5.52 Å². The molecule has 1 amide bonds. The van der Waals surface area contributed by atoms with Gasteiger partial charge in [0.2, 0.25) is 0 Å². The van der Waals surface area contributed by atoms with Crippen LogP contribution >= 0.6 is 11.8 Å². The molecule has 8 nitrogen and oxygen atoms in total. The Hall–Kier alpha value is -3.65. The molecule has 1 saturated carbocycles. The summed E-state index contributed by atoms with van der Waals surface area (Å²) in [6, 6.07) is 1.99. The third kappa shape index (κ3) is 6.50. The summed E-state index contributed by atoms with van der Waals surface area (Å²) in [6.07, 6.45) is 11.0. The molecule has 3 aromatic rings. The predicted octanol–water partition coefficient (Wildman–Crippen LogP) is 4.33. The summed E-state index contributed by atoms with van der Waals surface area (Å²) >= 11 is -0.225. The summed E-state index contributed by atoms with van der Waals surface area (Å²) in [5, 5.41) is 10.3. The number of alkyl halides is 3. The minimum Gasteiger partial charge on any atom is -0.365 e. The van der Waals surface area contributed by atoms with E-state index in [9.17, 15) is 18.0 Å². The van der Waals surface area contributed by atoms with Crippen molar-refractivity contribution in [2.45, 2.75) is 41.9 Å². The second kappa shape index (κ2) is 11.2. The highest BCUT2D eigenvalue weighted by Gasteiger charge is 2.33. The second-order valence-electron chi connectivity index (χ2n) is 9.70. The molecule has 12 heteroatoms. The Morgan fingerprint density at radius 3 is 2.90 bits per heavy atom. The van der Waals surface area contributed by atoms with Crippen molar-refractivity contribution in [3.8, 4) is 11.8 Å². The van der Waals surface area contributed by atoms with Crippen LogP contribution in [0.1, 0.15) is 41.2 Å². The molecule has 3 aromatic heterocycles. The number of carbonyl (C=O) groups excluding carboxylic acids is 1. The summed E-state index contributed by atoms with van der Waals surface area (Å²) in [4.78, 5) is 19.1. The van der Waals surface area contributed by atoms with Crippen LogP contribution in [0.5, 0.6) is 0 Å². The molecule has 0 aromatic carbocycles. The summed E-state index contributed by atoms with van der Waals surface area (Å²) < 4.78 is 43.7. The van der Waals surface area contributed by atoms with Crippen molar-refractivity contribution in [1.82, 2.24) is 29.4 Å². The molecule has 1 saturated heterocycles. The molecular formula is C27H28F3N7OS. The summed E-state index contributed by atoms with van der Waals surface area (Å²) in [5.74, 6) is 5.88. The molecular weight excluding hydrogens is 527 g/mol. The third-order valence-corrected chi connectivity index (χ3v) is 7.57. The smallest absolute Gasteiger partial charge is 0.365 e. The molecule has 1 aliphatic heterocycles. The number of anilines is 1. The maximum absolute atomic E-state index is 13.5. The molecule has 0 spiro atoms. The largest absolute Gasteiger partial charge is 0.447 e. The number of likely N-dealkylation sites (tertiary alicyclic amines) is 1. The summed E-state index contributed by atoms with van der Waals surface area (Å²) in [6.45, 7) is 5.36. The first kappa shape index (κ1) is 26.9. The van der Waals surface area contributed by atoms with Gasteiger partial charge in [0, 0.05) is 48.9 Å². The third-order valence-electron chi connectivity index (χ3n) is 6.72. The summed E-state index contributed by atoms with van der Waals surface area (Å²) in [7, 11) is 2.04. The number of nitrogens with zero attached hydrogens (tertiary/aromatic N) is 5. The zero-order valence-corrected chi connectivity index (χ0v) is 22.1. The molecule has 2 aliphatic rings. The van der Waals surface area contributed by atoms with Gasteiger partial charge < -0.3 is 19.9 Å². The molecule has 5 rings (SSSR count). The average Bonchev–Trinajstić information content (AvgIpc) is 3.51. The topological polar surface area (TPSA) is 79.5 Å². The van der Waals surface area contributed by atoms with Gasteiger partial charge in [-0.25, -0.2) is 4.98 Å². The zero-order chi connectivity index (χ0) is 27.6. The minimum absolute atomic E-state index is 0.0235. The molecule has 204 valence electrons. The highest BCUT2D eigenvalue weighted by Crippen LogP contribution is 2.40. The van der Waals surface area contributed by atoms with Crippen molar-refractivity contribution in [1.29, 1.82) is 0 Å². The Morgan fingerprint density at radius 1 is 1.33 bits per heavy atom. The fraction of sp³-hybridized carbons (Fsp3) is 0.407. The fourth-order valence-electron chi connectivity index (χ4n) is 4.68. The van der Waals surface area contributed by atoms with E-state index in [2.05, 4.69) is 49.8 Å². The van der Waals surface area contributed by atoms with E-state index >= 15 is 0 Å². The van der Waals surface area contributed by atoms with Gasteiger partial charge in [-0.05, 0) is 45.0 Å². The van der Waals surface area contributed by atoms with E-state index in [1.165, 1.54) is 23.0 Å². The number of amides is 1. The number of rotatable bonds is 7. The Balaban J connectivity index is 1.37. The first-order chi connectivity index (χ1) is 18.7. The second-order valence-corrected chi connectivity index (χ2v) is 10.8. The van der Waals surface area contributed by atoms with Crippen LogP contribution in [0.3, 0.4) is 0 Å². The monoisotopic (exact) mass is 555 g/mol. The number of nitrogens with one attached hydrogen (secondary N) is 2. The van der Waals surface area contributed by atoms with Gasteiger partial charge in [0.05, 0.1) is 35.4 Å². The van der Waals surface area contributed by atoms with Gasteiger partial charge in [0.1, 0.15) is 5.03 Å². The van der Waals surface area contributed by atoms with Crippen LogP contribution in [0.2, 0.25) is 0 Å². The Labute approximate surface area is 228 Å². The number of piperidine rings is 1. The maximum atomic E-state index is 13.5. The quantitative estimate of drug-likeness (QED) is 0.257. The lowest BCUT2D eigenvalue weighted by molar-refractivity contribution is -0.0329. The van der Waals surface area contributed by atoms with Gasteiger partial charge >= 0.3 is 5.51 Å². The highest BCUT2D eigenvalue weighted by atomic mass is 32.2. The number of hydrogen-bond acceptors (Lipinski definition) is 6. The first-order valence-corrected chi connectivity index (χ1v) is 13.4. The van der Waals surface area contributed by atoms with Gasteiger partial charge in [-0.2, -0.15) is 18.3 Å². The molecule has 2 fully saturated rings. The van der Waals surface area contributed by atoms with Crippen molar-refractivity contribution in [3.05, 3.63) is 60.4 Å². The zero-order valence-electron chi connectivity index (χ0n) is 21.3. The molecule has 2 N–H and O–H groups in total.